The van der Waals surface area contributed by atoms with Gasteiger partial charge in [0.2, 0.25) is 0 Å². The number of carbonyl (C=O) groups is 1. The molecule has 152 valence electrons. The number of aromatic nitrogens is 1. The van der Waals surface area contributed by atoms with Crippen molar-refractivity contribution in [3.05, 3.63) is 35.0 Å². The molecule has 28 heavy (non-hydrogen) atoms. The summed E-state index contributed by atoms with van der Waals surface area (Å²) in [5.74, 6) is 0.858. The monoisotopic (exact) mass is 380 g/mol. The first-order chi connectivity index (χ1) is 13.1. The fraction of sp³-hybridized carbons (Fsp3) is 0.640. The van der Waals surface area contributed by atoms with Gasteiger partial charge in [-0.1, -0.05) is 33.8 Å². The van der Waals surface area contributed by atoms with Gasteiger partial charge in [-0.2, -0.15) is 0 Å². The lowest BCUT2D eigenvalue weighted by Crippen LogP contribution is -2.21. The summed E-state index contributed by atoms with van der Waals surface area (Å²) in [5, 5.41) is 1.21. The van der Waals surface area contributed by atoms with Gasteiger partial charge in [-0.3, -0.25) is 4.79 Å². The van der Waals surface area contributed by atoms with Gasteiger partial charge in [0.15, 0.2) is 0 Å². The van der Waals surface area contributed by atoms with E-state index in [4.69, 9.17) is 5.73 Å². The maximum absolute atomic E-state index is 11.8. The Morgan fingerprint density at radius 3 is 1.96 bits per heavy atom. The maximum atomic E-state index is 11.8. The van der Waals surface area contributed by atoms with Crippen molar-refractivity contribution in [3.63, 3.8) is 0 Å². The van der Waals surface area contributed by atoms with E-state index in [0.717, 1.165) is 5.52 Å². The highest BCUT2D eigenvalue weighted by atomic mass is 16.1. The SMILES string of the molecule is CC1(C)CCC(c2cc(C3CCC(C)(C)CC3)c3cc(C(N)=O)[nH]c3c2)CC1. The van der Waals surface area contributed by atoms with Crippen molar-refractivity contribution in [3.8, 4) is 0 Å². The Morgan fingerprint density at radius 1 is 0.893 bits per heavy atom. The Balaban J connectivity index is 1.72. The van der Waals surface area contributed by atoms with Crippen LogP contribution in [0.1, 0.15) is 113 Å². The highest BCUT2D eigenvalue weighted by Gasteiger charge is 2.31. The Hall–Kier alpha value is -1.77. The van der Waals surface area contributed by atoms with Crippen LogP contribution in [0.2, 0.25) is 0 Å². The Labute approximate surface area is 169 Å². The number of carbonyl (C=O) groups excluding carboxylic acids is 1. The predicted molar refractivity (Wildman–Crippen MR) is 117 cm³/mol. The molecule has 1 aromatic carbocycles. The fourth-order valence-corrected chi connectivity index (χ4v) is 5.44. The molecular weight excluding hydrogens is 344 g/mol. The highest BCUT2D eigenvalue weighted by molar-refractivity contribution is 5.98. The summed E-state index contributed by atoms with van der Waals surface area (Å²) >= 11 is 0. The van der Waals surface area contributed by atoms with E-state index in [1.807, 2.05) is 6.07 Å². The Bertz CT molecular complexity index is 869. The van der Waals surface area contributed by atoms with Crippen LogP contribution in [-0.4, -0.2) is 10.9 Å². The van der Waals surface area contributed by atoms with Crippen LogP contribution in [0.15, 0.2) is 18.2 Å². The molecule has 0 atom stereocenters. The first-order valence-electron chi connectivity index (χ1n) is 11.1. The molecule has 2 aromatic rings. The third-order valence-corrected chi connectivity index (χ3v) is 7.65. The number of fused-ring (bicyclic) bond motifs is 1. The second kappa shape index (κ2) is 6.93. The van der Waals surface area contributed by atoms with Crippen molar-refractivity contribution in [2.24, 2.45) is 16.6 Å². The third-order valence-electron chi connectivity index (χ3n) is 7.65. The summed E-state index contributed by atoms with van der Waals surface area (Å²) in [6, 6.07) is 6.76. The van der Waals surface area contributed by atoms with E-state index in [1.165, 1.54) is 67.9 Å². The number of aromatic amines is 1. The lowest BCUT2D eigenvalue weighted by atomic mass is 9.69. The fourth-order valence-electron chi connectivity index (χ4n) is 5.44. The zero-order chi connectivity index (χ0) is 20.1. The summed E-state index contributed by atoms with van der Waals surface area (Å²) in [6.07, 6.45) is 10.1. The molecule has 1 amide bonds. The summed E-state index contributed by atoms with van der Waals surface area (Å²) in [6.45, 7) is 9.57. The van der Waals surface area contributed by atoms with Crippen LogP contribution < -0.4 is 5.73 Å². The third kappa shape index (κ3) is 3.86. The molecule has 0 radical (unpaired) electrons. The van der Waals surface area contributed by atoms with E-state index in [0.29, 0.717) is 28.4 Å². The van der Waals surface area contributed by atoms with Crippen molar-refractivity contribution < 1.29 is 4.79 Å². The molecule has 4 rings (SSSR count). The van der Waals surface area contributed by atoms with Crippen molar-refractivity contribution in [1.82, 2.24) is 4.98 Å². The number of H-pyrrole nitrogens is 1. The molecule has 0 unspecified atom stereocenters. The predicted octanol–water partition coefficient (Wildman–Crippen LogP) is 6.63. The number of nitrogens with one attached hydrogen (secondary N) is 1. The zero-order valence-electron chi connectivity index (χ0n) is 18.0. The van der Waals surface area contributed by atoms with Gasteiger partial charge in [-0.25, -0.2) is 0 Å². The smallest absolute Gasteiger partial charge is 0.265 e. The van der Waals surface area contributed by atoms with Crippen LogP contribution in [0, 0.1) is 10.8 Å². The second-order valence-electron chi connectivity index (χ2n) is 11.0. The molecule has 3 heteroatoms. The van der Waals surface area contributed by atoms with E-state index >= 15 is 0 Å². The van der Waals surface area contributed by atoms with Crippen molar-refractivity contribution >= 4 is 16.8 Å². The molecular formula is C25H36N2O. The van der Waals surface area contributed by atoms with Crippen LogP contribution in [0.25, 0.3) is 10.9 Å². The minimum Gasteiger partial charge on any atom is -0.364 e. The second-order valence-corrected chi connectivity index (χ2v) is 11.0. The van der Waals surface area contributed by atoms with E-state index in [-0.39, 0.29) is 5.91 Å². The van der Waals surface area contributed by atoms with Crippen LogP contribution in [0.4, 0.5) is 0 Å². The first kappa shape index (κ1) is 19.5. The molecule has 1 aromatic heterocycles. The van der Waals surface area contributed by atoms with Gasteiger partial charge in [0.25, 0.3) is 5.91 Å². The topological polar surface area (TPSA) is 58.9 Å². The number of hydrogen-bond acceptors (Lipinski definition) is 1. The lowest BCUT2D eigenvalue weighted by Gasteiger charge is -2.36. The maximum Gasteiger partial charge on any atom is 0.265 e. The van der Waals surface area contributed by atoms with Gasteiger partial charge in [0, 0.05) is 10.9 Å². The standard InChI is InChI=1S/C25H36N2O/c1-24(2)9-5-16(6-10-24)18-13-19(17-7-11-25(3,4)12-8-17)20-15-22(23(26)28)27-21(20)14-18/h13-17,27H,5-12H2,1-4H3,(H2,26,28). The average Bonchev–Trinajstić information content (AvgIpc) is 3.05. The highest BCUT2D eigenvalue weighted by Crippen LogP contribution is 2.47. The average molecular weight is 381 g/mol. The van der Waals surface area contributed by atoms with Gasteiger partial charge in [0.05, 0.1) is 0 Å². The lowest BCUT2D eigenvalue weighted by molar-refractivity contribution is 0.0996. The largest absolute Gasteiger partial charge is 0.364 e. The van der Waals surface area contributed by atoms with Crippen LogP contribution in [0.3, 0.4) is 0 Å². The number of primary amides is 1. The molecule has 3 nitrogen and oxygen atoms in total. The summed E-state index contributed by atoms with van der Waals surface area (Å²) in [4.78, 5) is 15.1. The van der Waals surface area contributed by atoms with Crippen molar-refractivity contribution in [2.45, 2.75) is 90.9 Å². The number of nitrogens with two attached hydrogens (primary N) is 1. The van der Waals surface area contributed by atoms with Crippen LogP contribution in [-0.2, 0) is 0 Å². The molecule has 3 N–H and O–H groups in total. The molecule has 0 bridgehead atoms. The summed E-state index contributed by atoms with van der Waals surface area (Å²) < 4.78 is 0. The van der Waals surface area contributed by atoms with Crippen LogP contribution in [0.5, 0.6) is 0 Å². The molecule has 2 fully saturated rings. The summed E-state index contributed by atoms with van der Waals surface area (Å²) in [7, 11) is 0. The van der Waals surface area contributed by atoms with Gasteiger partial charge in [-0.05, 0) is 97.3 Å². The molecule has 0 spiro atoms. The molecule has 2 aliphatic rings. The van der Waals surface area contributed by atoms with Gasteiger partial charge < -0.3 is 10.7 Å². The minimum absolute atomic E-state index is 0.368. The molecule has 1 heterocycles. The van der Waals surface area contributed by atoms with Gasteiger partial charge in [-0.15, -0.1) is 0 Å². The normalized spacial score (nSPS) is 23.1. The number of amides is 1. The van der Waals surface area contributed by atoms with E-state index in [1.54, 1.807) is 0 Å². The Morgan fingerprint density at radius 2 is 1.43 bits per heavy atom. The van der Waals surface area contributed by atoms with E-state index in [9.17, 15) is 4.79 Å². The van der Waals surface area contributed by atoms with Crippen molar-refractivity contribution in [2.75, 3.05) is 0 Å². The Kier molecular flexibility index (Phi) is 4.84. The molecule has 2 saturated carbocycles. The molecule has 0 aliphatic heterocycles. The number of benzene rings is 1. The molecule has 2 aliphatic carbocycles. The quantitative estimate of drug-likeness (QED) is 0.616. The van der Waals surface area contributed by atoms with Gasteiger partial charge >= 0.3 is 0 Å². The summed E-state index contributed by atoms with van der Waals surface area (Å²) in [5.41, 5.74) is 11.0. The van der Waals surface area contributed by atoms with E-state index in [2.05, 4.69) is 44.8 Å². The van der Waals surface area contributed by atoms with Gasteiger partial charge in [0.1, 0.15) is 5.69 Å². The zero-order valence-corrected chi connectivity index (χ0v) is 18.0. The van der Waals surface area contributed by atoms with Crippen molar-refractivity contribution in [1.29, 1.82) is 0 Å². The van der Waals surface area contributed by atoms with Crippen LogP contribution >= 0.6 is 0 Å². The minimum atomic E-state index is -0.368. The van der Waals surface area contributed by atoms with E-state index < -0.39 is 0 Å². The number of rotatable bonds is 3. The first-order valence-corrected chi connectivity index (χ1v) is 11.1. The number of hydrogen-bond donors (Lipinski definition) is 2. The molecule has 0 saturated heterocycles.